The Balaban J connectivity index is 5.77. The first kappa shape index (κ1) is 35.2. The van der Waals surface area contributed by atoms with E-state index in [9.17, 15) is 0 Å². The maximum absolute atomic E-state index is 6.96. The molecule has 0 rings (SSSR count). The topological polar surface area (TPSA) is 81.4 Å². The molecule has 0 amide bonds. The Morgan fingerprint density at radius 2 is 0.914 bits per heavy atom. The summed E-state index contributed by atoms with van der Waals surface area (Å²) in [5.74, 6) is 0. The molecule has 4 atom stereocenters. The smallest absolute Gasteiger partial charge is 0.364 e. The average Bonchev–Trinajstić information content (AvgIpc) is 2.79. The van der Waals surface area contributed by atoms with E-state index in [-0.39, 0.29) is 23.7 Å². The molecule has 0 aliphatic heterocycles. The Kier molecular flexibility index (Phi) is 17.7. The third-order valence-electron chi connectivity index (χ3n) is 7.02. The van der Waals surface area contributed by atoms with Gasteiger partial charge in [-0.3, -0.25) is 0 Å². The second-order valence-electron chi connectivity index (χ2n) is 9.95. The fraction of sp³-hybridized carbons (Fsp3) is 1.00. The third kappa shape index (κ3) is 11.2. The molecule has 0 saturated carbocycles. The first-order valence-electron chi connectivity index (χ1n) is 14.1. The standard InChI is InChI=1S/C26H59NO6Si2/c1-12-18-20-24(34(10,28-14-3)29-15-4)32-22(7)26(9,27)23(8)33-25(21-19-13-2)35(11,30-16-5)31-17-6/h22-25H,12-21,27H2,1-11H3. The molecule has 4 unspecified atom stereocenters. The summed E-state index contributed by atoms with van der Waals surface area (Å²) in [5.41, 5.74) is 6.03. The van der Waals surface area contributed by atoms with Gasteiger partial charge in [-0.25, -0.2) is 0 Å². The summed E-state index contributed by atoms with van der Waals surface area (Å²) in [7, 11) is -5.09. The van der Waals surface area contributed by atoms with Crippen LogP contribution in [0, 0.1) is 0 Å². The van der Waals surface area contributed by atoms with Crippen LogP contribution in [0.25, 0.3) is 0 Å². The number of nitrogens with two attached hydrogens (primary N) is 1. The number of hydrogen-bond donors (Lipinski definition) is 1. The fourth-order valence-corrected chi connectivity index (χ4v) is 9.97. The van der Waals surface area contributed by atoms with E-state index in [1.807, 2.05) is 48.5 Å². The normalized spacial score (nSPS) is 18.2. The molecule has 0 aliphatic rings. The molecule has 0 saturated heterocycles. The van der Waals surface area contributed by atoms with Gasteiger partial charge < -0.3 is 32.9 Å². The van der Waals surface area contributed by atoms with Gasteiger partial charge >= 0.3 is 17.1 Å². The van der Waals surface area contributed by atoms with Crippen molar-refractivity contribution < 1.29 is 27.2 Å². The van der Waals surface area contributed by atoms with Crippen LogP contribution < -0.4 is 5.73 Å². The number of unbranched alkanes of at least 4 members (excludes halogenated alkanes) is 2. The first-order valence-corrected chi connectivity index (χ1v) is 18.9. The van der Waals surface area contributed by atoms with Gasteiger partial charge in [0.2, 0.25) is 0 Å². The van der Waals surface area contributed by atoms with E-state index in [4.69, 9.17) is 32.9 Å². The maximum Gasteiger partial charge on any atom is 0.364 e. The van der Waals surface area contributed by atoms with Crippen molar-refractivity contribution in [2.24, 2.45) is 5.73 Å². The van der Waals surface area contributed by atoms with Gasteiger partial charge in [-0.05, 0) is 74.4 Å². The van der Waals surface area contributed by atoms with E-state index in [1.54, 1.807) is 0 Å². The summed E-state index contributed by atoms with van der Waals surface area (Å²) < 4.78 is 38.2. The summed E-state index contributed by atoms with van der Waals surface area (Å²) in [5, 5.41) is 0. The van der Waals surface area contributed by atoms with Gasteiger partial charge in [-0.15, -0.1) is 0 Å². The minimum atomic E-state index is -2.55. The molecule has 212 valence electrons. The number of hydrogen-bond acceptors (Lipinski definition) is 7. The van der Waals surface area contributed by atoms with Crippen LogP contribution in [-0.4, -0.2) is 72.8 Å². The average molecular weight is 538 g/mol. The molecule has 0 spiro atoms. The van der Waals surface area contributed by atoms with Crippen LogP contribution in [0.15, 0.2) is 0 Å². The van der Waals surface area contributed by atoms with Crippen LogP contribution in [0.1, 0.15) is 101 Å². The highest BCUT2D eigenvalue weighted by molar-refractivity contribution is 6.67. The zero-order valence-corrected chi connectivity index (χ0v) is 26.9. The van der Waals surface area contributed by atoms with Gasteiger partial charge in [-0.1, -0.05) is 39.5 Å². The number of ether oxygens (including phenoxy) is 2. The molecule has 0 aromatic carbocycles. The highest BCUT2D eigenvalue weighted by Gasteiger charge is 2.48. The fourth-order valence-electron chi connectivity index (χ4n) is 4.40. The minimum absolute atomic E-state index is 0.102. The summed E-state index contributed by atoms with van der Waals surface area (Å²) in [4.78, 5) is 0. The SMILES string of the molecule is CCCCC(OC(C)C(C)(N)C(C)OC(CCCC)[Si](C)(OCC)OCC)[Si](C)(OCC)OCC. The lowest BCUT2D eigenvalue weighted by molar-refractivity contribution is -0.0968. The molecule has 0 aliphatic carbocycles. The van der Waals surface area contributed by atoms with Crippen molar-refractivity contribution in [3.63, 3.8) is 0 Å². The molecule has 0 heterocycles. The second kappa shape index (κ2) is 17.6. The van der Waals surface area contributed by atoms with E-state index in [2.05, 4.69) is 26.9 Å². The quantitative estimate of drug-likeness (QED) is 0.170. The van der Waals surface area contributed by atoms with Crippen LogP contribution in [0.4, 0.5) is 0 Å². The van der Waals surface area contributed by atoms with E-state index in [0.29, 0.717) is 26.4 Å². The molecule has 7 nitrogen and oxygen atoms in total. The molecule has 0 bridgehead atoms. The summed E-state index contributed by atoms with van der Waals surface area (Å²) in [6.07, 6.45) is 5.57. The molecule has 0 aromatic rings. The minimum Gasteiger partial charge on any atom is -0.393 e. The lowest BCUT2D eigenvalue weighted by Crippen LogP contribution is -2.63. The van der Waals surface area contributed by atoms with E-state index in [0.717, 1.165) is 38.5 Å². The van der Waals surface area contributed by atoms with Crippen LogP contribution in [0.3, 0.4) is 0 Å². The lowest BCUT2D eigenvalue weighted by Gasteiger charge is -2.44. The molecule has 0 radical (unpaired) electrons. The second-order valence-corrected chi connectivity index (χ2v) is 16.5. The van der Waals surface area contributed by atoms with Crippen LogP contribution in [0.2, 0.25) is 13.1 Å². The Morgan fingerprint density at radius 1 is 0.629 bits per heavy atom. The van der Waals surface area contributed by atoms with Crippen LogP contribution >= 0.6 is 0 Å². The van der Waals surface area contributed by atoms with Gasteiger partial charge in [0.1, 0.15) is 11.5 Å². The molecule has 35 heavy (non-hydrogen) atoms. The largest absolute Gasteiger partial charge is 0.393 e. The van der Waals surface area contributed by atoms with Crippen LogP contribution in [-0.2, 0) is 27.2 Å². The molecule has 9 heteroatoms. The van der Waals surface area contributed by atoms with Gasteiger partial charge in [0.15, 0.2) is 0 Å². The van der Waals surface area contributed by atoms with Crippen molar-refractivity contribution in [3.05, 3.63) is 0 Å². The summed E-state index contributed by atoms with van der Waals surface area (Å²) in [6.45, 7) is 25.2. The van der Waals surface area contributed by atoms with Crippen molar-refractivity contribution in [2.75, 3.05) is 26.4 Å². The highest BCUT2D eigenvalue weighted by atomic mass is 28.4. The molecule has 2 N–H and O–H groups in total. The van der Waals surface area contributed by atoms with Gasteiger partial charge in [-0.2, -0.15) is 0 Å². The van der Waals surface area contributed by atoms with Crippen molar-refractivity contribution in [1.29, 1.82) is 0 Å². The zero-order valence-electron chi connectivity index (χ0n) is 24.9. The molecular weight excluding hydrogens is 478 g/mol. The maximum atomic E-state index is 6.96. The summed E-state index contributed by atoms with van der Waals surface area (Å²) in [6, 6.07) is 0. The predicted octanol–water partition coefficient (Wildman–Crippen LogP) is 6.00. The van der Waals surface area contributed by atoms with Crippen molar-refractivity contribution in [2.45, 2.75) is 143 Å². The van der Waals surface area contributed by atoms with E-state index >= 15 is 0 Å². The Hall–Kier alpha value is 0.154. The van der Waals surface area contributed by atoms with Gasteiger partial charge in [0.05, 0.1) is 17.7 Å². The van der Waals surface area contributed by atoms with Crippen LogP contribution in [0.5, 0.6) is 0 Å². The lowest BCUT2D eigenvalue weighted by atomic mass is 9.91. The van der Waals surface area contributed by atoms with Gasteiger partial charge in [0.25, 0.3) is 0 Å². The van der Waals surface area contributed by atoms with Crippen molar-refractivity contribution in [1.82, 2.24) is 0 Å². The van der Waals surface area contributed by atoms with E-state index in [1.165, 1.54) is 0 Å². The molecular formula is C26H59NO6Si2. The monoisotopic (exact) mass is 537 g/mol. The van der Waals surface area contributed by atoms with E-state index < -0.39 is 22.7 Å². The Morgan fingerprint density at radius 3 is 1.14 bits per heavy atom. The van der Waals surface area contributed by atoms with Gasteiger partial charge in [0, 0.05) is 26.4 Å². The number of rotatable bonds is 22. The summed E-state index contributed by atoms with van der Waals surface area (Å²) >= 11 is 0. The highest BCUT2D eigenvalue weighted by Crippen LogP contribution is 2.30. The molecule has 0 fully saturated rings. The third-order valence-corrected chi connectivity index (χ3v) is 13.7. The first-order chi connectivity index (χ1) is 16.4. The Bertz CT molecular complexity index is 484. The predicted molar refractivity (Wildman–Crippen MR) is 150 cm³/mol. The molecule has 0 aromatic heterocycles. The van der Waals surface area contributed by atoms with Crippen molar-refractivity contribution in [3.8, 4) is 0 Å². The Labute approximate surface area is 219 Å². The zero-order chi connectivity index (χ0) is 27.1. The van der Waals surface area contributed by atoms with Crippen molar-refractivity contribution >= 4 is 17.1 Å².